The summed E-state index contributed by atoms with van der Waals surface area (Å²) in [5.74, 6) is 0. The molecule has 0 fully saturated rings. The molecule has 8 nitrogen and oxygen atoms in total. The molecule has 0 atom stereocenters. The Labute approximate surface area is 209 Å². The van der Waals surface area contributed by atoms with E-state index in [1.54, 1.807) is 0 Å². The van der Waals surface area contributed by atoms with Gasteiger partial charge in [0.1, 0.15) is 0 Å². The van der Waals surface area contributed by atoms with Gasteiger partial charge in [0.15, 0.2) is 0 Å². The highest BCUT2D eigenvalue weighted by atomic mass is 35.5. The summed E-state index contributed by atoms with van der Waals surface area (Å²) in [6, 6.07) is 19.3. The van der Waals surface area contributed by atoms with Gasteiger partial charge < -0.3 is 10.6 Å². The predicted molar refractivity (Wildman–Crippen MR) is 137 cm³/mol. The van der Waals surface area contributed by atoms with Crippen molar-refractivity contribution in [2.24, 2.45) is 0 Å². The van der Waals surface area contributed by atoms with Crippen LogP contribution in [0.25, 0.3) is 0 Å². The van der Waals surface area contributed by atoms with Crippen LogP contribution in [0.5, 0.6) is 0 Å². The van der Waals surface area contributed by atoms with E-state index in [0.29, 0.717) is 23.1 Å². The van der Waals surface area contributed by atoms with Crippen LogP contribution in [-0.4, -0.2) is 43.0 Å². The second-order valence-corrected chi connectivity index (χ2v) is 11.5. The fraction of sp³-hybridized carbons (Fsp3) is 0.182. The SMILES string of the molecule is O=S(=O)(NCCNc1ccc(NCCNS(=O)(=O)c2ccc(Cl)cc2)cc1)c1ccc(Cl)cc1. The van der Waals surface area contributed by atoms with E-state index in [1.807, 2.05) is 24.3 Å². The average Bonchev–Trinajstić information content (AvgIpc) is 2.81. The fourth-order valence-electron chi connectivity index (χ4n) is 2.88. The van der Waals surface area contributed by atoms with Gasteiger partial charge in [0.2, 0.25) is 20.0 Å². The molecule has 12 heteroatoms. The number of anilines is 2. The van der Waals surface area contributed by atoms with E-state index in [9.17, 15) is 16.8 Å². The summed E-state index contributed by atoms with van der Waals surface area (Å²) in [6.07, 6.45) is 0. The van der Waals surface area contributed by atoms with Crippen molar-refractivity contribution < 1.29 is 16.8 Å². The second-order valence-electron chi connectivity index (χ2n) is 7.13. The Kier molecular flexibility index (Phi) is 9.17. The lowest BCUT2D eigenvalue weighted by Crippen LogP contribution is -2.29. The Morgan fingerprint density at radius 1 is 0.500 bits per heavy atom. The third kappa shape index (κ3) is 7.86. The fourth-order valence-corrected chi connectivity index (χ4v) is 5.20. The molecule has 3 aromatic rings. The van der Waals surface area contributed by atoms with E-state index in [0.717, 1.165) is 11.4 Å². The first kappa shape index (κ1) is 26.3. The molecule has 0 saturated carbocycles. The van der Waals surface area contributed by atoms with Crippen molar-refractivity contribution in [3.63, 3.8) is 0 Å². The van der Waals surface area contributed by atoms with Gasteiger partial charge in [-0.15, -0.1) is 0 Å². The van der Waals surface area contributed by atoms with Crippen molar-refractivity contribution in [1.82, 2.24) is 9.44 Å². The van der Waals surface area contributed by atoms with Crippen LogP contribution in [0, 0.1) is 0 Å². The van der Waals surface area contributed by atoms with Crippen LogP contribution in [0.1, 0.15) is 0 Å². The number of hydrogen-bond donors (Lipinski definition) is 4. The number of rotatable bonds is 12. The first-order valence-corrected chi connectivity index (χ1v) is 14.0. The van der Waals surface area contributed by atoms with Crippen LogP contribution in [0.4, 0.5) is 11.4 Å². The van der Waals surface area contributed by atoms with E-state index in [1.165, 1.54) is 48.5 Å². The van der Waals surface area contributed by atoms with Crippen molar-refractivity contribution in [3.05, 3.63) is 82.8 Å². The molecule has 0 spiro atoms. The minimum Gasteiger partial charge on any atom is -0.384 e. The summed E-state index contributed by atoms with van der Waals surface area (Å²) in [5.41, 5.74) is 1.64. The highest BCUT2D eigenvalue weighted by Crippen LogP contribution is 2.16. The third-order valence-electron chi connectivity index (χ3n) is 4.63. The van der Waals surface area contributed by atoms with Crippen LogP contribution >= 0.6 is 23.2 Å². The zero-order chi connectivity index (χ0) is 24.6. The lowest BCUT2D eigenvalue weighted by Gasteiger charge is -2.11. The van der Waals surface area contributed by atoms with Crippen molar-refractivity contribution in [2.45, 2.75) is 9.79 Å². The molecule has 0 amide bonds. The van der Waals surface area contributed by atoms with Gasteiger partial charge in [-0.25, -0.2) is 26.3 Å². The Bertz CT molecular complexity index is 1180. The minimum absolute atomic E-state index is 0.155. The number of nitrogens with one attached hydrogen (secondary N) is 4. The largest absolute Gasteiger partial charge is 0.384 e. The van der Waals surface area contributed by atoms with Crippen LogP contribution in [0.15, 0.2) is 82.6 Å². The average molecular weight is 543 g/mol. The molecule has 0 radical (unpaired) electrons. The van der Waals surface area contributed by atoms with Gasteiger partial charge in [0.25, 0.3) is 0 Å². The minimum atomic E-state index is -3.59. The van der Waals surface area contributed by atoms with Crippen LogP contribution in [0.3, 0.4) is 0 Å². The van der Waals surface area contributed by atoms with Gasteiger partial charge in [0, 0.05) is 47.6 Å². The maximum Gasteiger partial charge on any atom is 0.240 e. The monoisotopic (exact) mass is 542 g/mol. The van der Waals surface area contributed by atoms with Gasteiger partial charge in [-0.1, -0.05) is 23.2 Å². The van der Waals surface area contributed by atoms with Gasteiger partial charge in [-0.3, -0.25) is 0 Å². The quantitative estimate of drug-likeness (QED) is 0.259. The van der Waals surface area contributed by atoms with Crippen LogP contribution in [0.2, 0.25) is 10.0 Å². The van der Waals surface area contributed by atoms with E-state index < -0.39 is 20.0 Å². The summed E-state index contributed by atoms with van der Waals surface area (Å²) in [5, 5.41) is 7.22. The van der Waals surface area contributed by atoms with Crippen molar-refractivity contribution in [3.8, 4) is 0 Å². The van der Waals surface area contributed by atoms with Gasteiger partial charge in [0.05, 0.1) is 9.79 Å². The topological polar surface area (TPSA) is 116 Å². The maximum absolute atomic E-state index is 12.2. The smallest absolute Gasteiger partial charge is 0.240 e. The Morgan fingerprint density at radius 3 is 1.15 bits per heavy atom. The highest BCUT2D eigenvalue weighted by molar-refractivity contribution is 7.89. The molecule has 3 aromatic carbocycles. The molecule has 3 rings (SSSR count). The summed E-state index contributed by atoms with van der Waals surface area (Å²) in [6.45, 7) is 1.20. The summed E-state index contributed by atoms with van der Waals surface area (Å²) in [4.78, 5) is 0.311. The lowest BCUT2D eigenvalue weighted by atomic mass is 10.3. The molecule has 4 N–H and O–H groups in total. The number of hydrogen-bond acceptors (Lipinski definition) is 6. The summed E-state index contributed by atoms with van der Waals surface area (Å²) >= 11 is 11.6. The molecule has 0 aromatic heterocycles. The number of halogens is 2. The van der Waals surface area contributed by atoms with E-state index >= 15 is 0 Å². The molecule has 0 unspecified atom stereocenters. The van der Waals surface area contributed by atoms with Crippen LogP contribution < -0.4 is 20.1 Å². The summed E-state index contributed by atoms with van der Waals surface area (Å²) in [7, 11) is -7.19. The van der Waals surface area contributed by atoms with Crippen molar-refractivity contribution in [2.75, 3.05) is 36.8 Å². The second kappa shape index (κ2) is 11.9. The van der Waals surface area contributed by atoms with Crippen molar-refractivity contribution >= 4 is 54.6 Å². The Balaban J connectivity index is 1.38. The van der Waals surface area contributed by atoms with E-state index in [4.69, 9.17) is 23.2 Å². The van der Waals surface area contributed by atoms with E-state index in [-0.39, 0.29) is 22.9 Å². The molecule has 34 heavy (non-hydrogen) atoms. The highest BCUT2D eigenvalue weighted by Gasteiger charge is 2.13. The normalized spacial score (nSPS) is 11.8. The first-order valence-electron chi connectivity index (χ1n) is 10.2. The van der Waals surface area contributed by atoms with E-state index in [2.05, 4.69) is 20.1 Å². The Morgan fingerprint density at radius 2 is 0.824 bits per heavy atom. The van der Waals surface area contributed by atoms with Gasteiger partial charge in [-0.2, -0.15) is 0 Å². The zero-order valence-electron chi connectivity index (χ0n) is 18.0. The third-order valence-corrected chi connectivity index (χ3v) is 8.08. The van der Waals surface area contributed by atoms with Crippen LogP contribution in [-0.2, 0) is 20.0 Å². The molecule has 0 aliphatic rings. The standard InChI is InChI=1S/C22H24Cl2N4O4S2/c23-17-1-9-21(10-2-17)33(29,30)27-15-13-25-19-5-7-20(8-6-19)26-14-16-28-34(31,32)22-11-3-18(24)4-12-22/h1-12,25-28H,13-16H2. The molecule has 0 heterocycles. The maximum atomic E-state index is 12.2. The van der Waals surface area contributed by atoms with Crippen molar-refractivity contribution in [1.29, 1.82) is 0 Å². The molecule has 0 saturated heterocycles. The van der Waals surface area contributed by atoms with Gasteiger partial charge >= 0.3 is 0 Å². The summed E-state index contributed by atoms with van der Waals surface area (Å²) < 4.78 is 54.0. The molecule has 0 bridgehead atoms. The molecular weight excluding hydrogens is 519 g/mol. The molecule has 0 aliphatic carbocycles. The Hall–Kier alpha value is -2.34. The molecule has 0 aliphatic heterocycles. The van der Waals surface area contributed by atoms with Gasteiger partial charge in [-0.05, 0) is 72.8 Å². The predicted octanol–water partition coefficient (Wildman–Crippen LogP) is 3.77. The number of sulfonamides is 2. The number of benzene rings is 3. The molecule has 182 valence electrons. The molecular formula is C22H24Cl2N4O4S2. The first-order chi connectivity index (χ1) is 16.2. The zero-order valence-corrected chi connectivity index (χ0v) is 21.1. The lowest BCUT2D eigenvalue weighted by molar-refractivity contribution is 0.581.